The van der Waals surface area contributed by atoms with E-state index in [-0.39, 0.29) is 17.7 Å². The minimum absolute atomic E-state index is 0.0832. The molecular formula is C13H17FN2O2. The molecule has 0 aromatic heterocycles. The highest BCUT2D eigenvalue weighted by Crippen LogP contribution is 2.20. The normalized spacial score (nSPS) is 23.7. The molecule has 0 radical (unpaired) electrons. The summed E-state index contributed by atoms with van der Waals surface area (Å²) in [6.07, 6.45) is 2.00. The van der Waals surface area contributed by atoms with Gasteiger partial charge in [-0.3, -0.25) is 4.79 Å². The lowest BCUT2D eigenvalue weighted by molar-refractivity contribution is 0.0232. The fourth-order valence-corrected chi connectivity index (χ4v) is 2.17. The van der Waals surface area contributed by atoms with Crippen molar-refractivity contribution in [2.24, 2.45) is 5.73 Å². The number of nitrogens with one attached hydrogen (secondary N) is 1. The minimum atomic E-state index is -0.753. The van der Waals surface area contributed by atoms with Crippen molar-refractivity contribution in [3.8, 4) is 0 Å². The molecular weight excluding hydrogens is 235 g/mol. The van der Waals surface area contributed by atoms with Crippen LogP contribution in [0.3, 0.4) is 0 Å². The number of carbonyl (C=O) groups is 1. The average Bonchev–Trinajstić information content (AvgIpc) is 2.31. The van der Waals surface area contributed by atoms with Gasteiger partial charge in [0.05, 0.1) is 11.7 Å². The minimum Gasteiger partial charge on any atom is -0.382 e. The number of benzene rings is 1. The third kappa shape index (κ3) is 2.98. The first-order valence-electron chi connectivity index (χ1n) is 6.03. The van der Waals surface area contributed by atoms with Crippen molar-refractivity contribution in [3.05, 3.63) is 29.6 Å². The van der Waals surface area contributed by atoms with Gasteiger partial charge in [-0.1, -0.05) is 0 Å². The quantitative estimate of drug-likeness (QED) is 0.863. The van der Waals surface area contributed by atoms with Crippen molar-refractivity contribution in [3.63, 3.8) is 0 Å². The summed E-state index contributed by atoms with van der Waals surface area (Å²) in [5.41, 5.74) is 5.74. The first kappa shape index (κ1) is 12.8. The van der Waals surface area contributed by atoms with Crippen LogP contribution in [0.25, 0.3) is 0 Å². The van der Waals surface area contributed by atoms with Crippen LogP contribution in [0.1, 0.15) is 30.1 Å². The van der Waals surface area contributed by atoms with E-state index in [1.807, 2.05) is 6.92 Å². The van der Waals surface area contributed by atoms with Crippen molar-refractivity contribution >= 4 is 11.6 Å². The van der Waals surface area contributed by atoms with Gasteiger partial charge in [0.2, 0.25) is 0 Å². The molecule has 3 N–H and O–H groups in total. The molecule has 1 heterocycles. The topological polar surface area (TPSA) is 64.3 Å². The molecule has 18 heavy (non-hydrogen) atoms. The van der Waals surface area contributed by atoms with Crippen LogP contribution in [-0.4, -0.2) is 24.7 Å². The van der Waals surface area contributed by atoms with Gasteiger partial charge < -0.3 is 15.8 Å². The molecule has 2 atom stereocenters. The second-order valence-electron chi connectivity index (χ2n) is 4.61. The standard InChI is InChI=1S/C13H17FN2O2/c1-8-6-10(4-5-18-8)16-9-2-3-12(14)11(7-9)13(15)17/h2-3,7-8,10,16H,4-6H2,1H3,(H2,15,17). The van der Waals surface area contributed by atoms with Crippen LogP contribution in [0, 0.1) is 5.82 Å². The highest BCUT2D eigenvalue weighted by atomic mass is 19.1. The van der Waals surface area contributed by atoms with Gasteiger partial charge >= 0.3 is 0 Å². The Labute approximate surface area is 105 Å². The largest absolute Gasteiger partial charge is 0.382 e. The van der Waals surface area contributed by atoms with E-state index < -0.39 is 11.7 Å². The second kappa shape index (κ2) is 5.35. The number of hydrogen-bond donors (Lipinski definition) is 2. The number of ether oxygens (including phenoxy) is 1. The third-order valence-corrected chi connectivity index (χ3v) is 3.09. The number of halogens is 1. The SMILES string of the molecule is CC1CC(Nc2ccc(F)c(C(N)=O)c2)CCO1. The molecule has 1 fully saturated rings. The van der Waals surface area contributed by atoms with Gasteiger partial charge in [0.25, 0.3) is 5.91 Å². The van der Waals surface area contributed by atoms with E-state index in [1.165, 1.54) is 12.1 Å². The van der Waals surface area contributed by atoms with Gasteiger partial charge in [-0.25, -0.2) is 4.39 Å². The zero-order valence-electron chi connectivity index (χ0n) is 10.3. The van der Waals surface area contributed by atoms with Gasteiger partial charge in [-0.05, 0) is 38.0 Å². The summed E-state index contributed by atoms with van der Waals surface area (Å²) < 4.78 is 18.8. The van der Waals surface area contributed by atoms with Crippen LogP contribution >= 0.6 is 0 Å². The summed E-state index contributed by atoms with van der Waals surface area (Å²) in [7, 11) is 0. The van der Waals surface area contributed by atoms with Crippen LogP contribution in [0.2, 0.25) is 0 Å². The van der Waals surface area contributed by atoms with E-state index >= 15 is 0 Å². The summed E-state index contributed by atoms with van der Waals surface area (Å²) in [6, 6.07) is 4.60. The summed E-state index contributed by atoms with van der Waals surface area (Å²) in [5.74, 6) is -1.34. The van der Waals surface area contributed by atoms with Crippen LogP contribution < -0.4 is 11.1 Å². The lowest BCUT2D eigenvalue weighted by Gasteiger charge is -2.28. The number of rotatable bonds is 3. The van der Waals surface area contributed by atoms with E-state index in [2.05, 4.69) is 5.32 Å². The number of nitrogens with two attached hydrogens (primary N) is 1. The Kier molecular flexibility index (Phi) is 3.81. The Morgan fingerprint density at radius 2 is 2.33 bits per heavy atom. The van der Waals surface area contributed by atoms with Gasteiger partial charge in [-0.15, -0.1) is 0 Å². The maximum atomic E-state index is 13.3. The monoisotopic (exact) mass is 252 g/mol. The zero-order chi connectivity index (χ0) is 13.1. The number of amides is 1. The van der Waals surface area contributed by atoms with Gasteiger partial charge in [0.15, 0.2) is 0 Å². The van der Waals surface area contributed by atoms with Crippen LogP contribution in [0.4, 0.5) is 10.1 Å². The first-order valence-corrected chi connectivity index (χ1v) is 6.03. The summed E-state index contributed by atoms with van der Waals surface area (Å²) >= 11 is 0. The predicted molar refractivity (Wildman–Crippen MR) is 67.0 cm³/mol. The van der Waals surface area contributed by atoms with Crippen molar-refractivity contribution in [1.29, 1.82) is 0 Å². The molecule has 4 nitrogen and oxygen atoms in total. The van der Waals surface area contributed by atoms with Crippen molar-refractivity contribution in [2.75, 3.05) is 11.9 Å². The Balaban J connectivity index is 2.09. The molecule has 1 aliphatic rings. The molecule has 98 valence electrons. The molecule has 1 aliphatic heterocycles. The number of carbonyl (C=O) groups excluding carboxylic acids is 1. The molecule has 1 aromatic rings. The van der Waals surface area contributed by atoms with E-state index in [1.54, 1.807) is 6.07 Å². The van der Waals surface area contributed by atoms with Crippen LogP contribution in [-0.2, 0) is 4.74 Å². The first-order chi connectivity index (χ1) is 8.56. The smallest absolute Gasteiger partial charge is 0.251 e. The second-order valence-corrected chi connectivity index (χ2v) is 4.61. The number of primary amides is 1. The Morgan fingerprint density at radius 3 is 3.00 bits per heavy atom. The molecule has 1 amide bonds. The molecule has 0 aliphatic carbocycles. The van der Waals surface area contributed by atoms with Crippen molar-refractivity contribution < 1.29 is 13.9 Å². The Morgan fingerprint density at radius 1 is 1.56 bits per heavy atom. The van der Waals surface area contributed by atoms with E-state index in [4.69, 9.17) is 10.5 Å². The molecule has 1 aromatic carbocycles. The summed E-state index contributed by atoms with van der Waals surface area (Å²) in [6.45, 7) is 2.73. The highest BCUT2D eigenvalue weighted by molar-refractivity contribution is 5.94. The van der Waals surface area contributed by atoms with Gasteiger partial charge in [0.1, 0.15) is 5.82 Å². The molecule has 0 spiro atoms. The Bertz CT molecular complexity index is 451. The maximum Gasteiger partial charge on any atom is 0.251 e. The zero-order valence-corrected chi connectivity index (χ0v) is 10.3. The number of anilines is 1. The van der Waals surface area contributed by atoms with Crippen molar-refractivity contribution in [2.45, 2.75) is 31.9 Å². The molecule has 2 unspecified atom stereocenters. The van der Waals surface area contributed by atoms with Crippen LogP contribution in [0.5, 0.6) is 0 Å². The molecule has 2 rings (SSSR count). The fraction of sp³-hybridized carbons (Fsp3) is 0.462. The fourth-order valence-electron chi connectivity index (χ4n) is 2.17. The predicted octanol–water partition coefficient (Wildman–Crippen LogP) is 1.90. The highest BCUT2D eigenvalue weighted by Gasteiger charge is 2.19. The third-order valence-electron chi connectivity index (χ3n) is 3.09. The van der Waals surface area contributed by atoms with Gasteiger partial charge in [-0.2, -0.15) is 0 Å². The average molecular weight is 252 g/mol. The Hall–Kier alpha value is -1.62. The van der Waals surface area contributed by atoms with E-state index in [0.717, 1.165) is 12.8 Å². The molecule has 0 bridgehead atoms. The molecule has 0 saturated carbocycles. The number of hydrogen-bond acceptors (Lipinski definition) is 3. The molecule has 5 heteroatoms. The van der Waals surface area contributed by atoms with Crippen molar-refractivity contribution in [1.82, 2.24) is 0 Å². The van der Waals surface area contributed by atoms with E-state index in [9.17, 15) is 9.18 Å². The lowest BCUT2D eigenvalue weighted by Crippen LogP contribution is -2.32. The molecule has 1 saturated heterocycles. The lowest BCUT2D eigenvalue weighted by atomic mass is 10.0. The van der Waals surface area contributed by atoms with Gasteiger partial charge in [0, 0.05) is 18.3 Å². The van der Waals surface area contributed by atoms with Crippen LogP contribution in [0.15, 0.2) is 18.2 Å². The summed E-state index contributed by atoms with van der Waals surface area (Å²) in [5, 5.41) is 3.28. The van der Waals surface area contributed by atoms with E-state index in [0.29, 0.717) is 12.3 Å². The summed E-state index contributed by atoms with van der Waals surface area (Å²) in [4.78, 5) is 11.1. The maximum absolute atomic E-state index is 13.3.